The molecule has 0 aliphatic carbocycles. The molecule has 2 aromatic rings. The smallest absolute Gasteiger partial charge is 0.485 e. The quantitative estimate of drug-likeness (QED) is 0.359. The summed E-state index contributed by atoms with van der Waals surface area (Å²) < 4.78 is 61.1. The Kier molecular flexibility index (Phi) is 6.51. The molecule has 1 aromatic heterocycles. The van der Waals surface area contributed by atoms with E-state index in [1.807, 2.05) is 25.1 Å². The number of hydrogen-bond acceptors (Lipinski definition) is 3. The van der Waals surface area contributed by atoms with Crippen LogP contribution in [0.15, 0.2) is 42.5 Å². The molecule has 0 radical (unpaired) electrons. The van der Waals surface area contributed by atoms with Gasteiger partial charge in [-0.1, -0.05) is 18.2 Å². The van der Waals surface area contributed by atoms with Crippen LogP contribution in [0.1, 0.15) is 12.6 Å². The first-order chi connectivity index (χ1) is 11.1. The Morgan fingerprint density at radius 1 is 1.25 bits per heavy atom. The van der Waals surface area contributed by atoms with Crippen molar-refractivity contribution in [3.63, 3.8) is 0 Å². The third-order valence-electron chi connectivity index (χ3n) is 2.84. The number of aromatic nitrogens is 1. The highest BCUT2D eigenvalue weighted by Crippen LogP contribution is 2.20. The van der Waals surface area contributed by atoms with Gasteiger partial charge in [-0.15, -0.1) is 6.42 Å². The number of halogens is 3. The van der Waals surface area contributed by atoms with Crippen molar-refractivity contribution in [2.75, 3.05) is 0 Å². The molecule has 0 unspecified atom stereocenters. The minimum Gasteiger partial charge on any atom is -0.741 e. The Morgan fingerprint density at radius 2 is 1.83 bits per heavy atom. The van der Waals surface area contributed by atoms with Gasteiger partial charge < -0.3 is 4.55 Å². The molecule has 0 fully saturated rings. The van der Waals surface area contributed by atoms with Gasteiger partial charge in [0.1, 0.15) is 0 Å². The minimum atomic E-state index is -6.09. The van der Waals surface area contributed by atoms with Crippen molar-refractivity contribution in [1.29, 1.82) is 0 Å². The third kappa shape index (κ3) is 5.08. The minimum absolute atomic E-state index is 0.598. The van der Waals surface area contributed by atoms with Gasteiger partial charge in [-0.05, 0) is 25.0 Å². The van der Waals surface area contributed by atoms with E-state index in [0.717, 1.165) is 5.69 Å². The van der Waals surface area contributed by atoms with Gasteiger partial charge in [0, 0.05) is 23.6 Å². The lowest BCUT2D eigenvalue weighted by Gasteiger charge is -2.08. The molecule has 0 saturated heterocycles. The average molecular weight is 357 g/mol. The number of alkyl halides is 3. The zero-order valence-electron chi connectivity index (χ0n) is 12.6. The number of benzene rings is 1. The van der Waals surface area contributed by atoms with E-state index in [2.05, 4.69) is 40.8 Å². The maximum Gasteiger partial charge on any atom is 0.485 e. The topological polar surface area (TPSA) is 61.1 Å². The summed E-state index contributed by atoms with van der Waals surface area (Å²) in [7, 11) is -6.09. The second-order valence-electron chi connectivity index (χ2n) is 4.51. The summed E-state index contributed by atoms with van der Waals surface area (Å²) >= 11 is 0. The lowest BCUT2D eigenvalue weighted by Crippen LogP contribution is -2.37. The monoisotopic (exact) mass is 357 g/mol. The van der Waals surface area contributed by atoms with E-state index in [1.54, 1.807) is 0 Å². The van der Waals surface area contributed by atoms with Crippen molar-refractivity contribution in [2.45, 2.75) is 19.0 Å². The molecule has 0 aliphatic heterocycles. The van der Waals surface area contributed by atoms with Crippen LogP contribution in [0.3, 0.4) is 0 Å². The average Bonchev–Trinajstić information content (AvgIpc) is 2.48. The summed E-state index contributed by atoms with van der Waals surface area (Å²) in [6.07, 6.45) is 9.52. The maximum absolute atomic E-state index is 10.7. The normalized spacial score (nSPS) is 11.8. The lowest BCUT2D eigenvalue weighted by atomic mass is 10.2. The van der Waals surface area contributed by atoms with Crippen molar-refractivity contribution in [3.8, 4) is 12.3 Å². The molecule has 4 nitrogen and oxygen atoms in total. The van der Waals surface area contributed by atoms with Gasteiger partial charge in [0.15, 0.2) is 10.1 Å². The molecule has 0 saturated carbocycles. The van der Waals surface area contributed by atoms with Crippen LogP contribution in [0.4, 0.5) is 13.2 Å². The van der Waals surface area contributed by atoms with E-state index >= 15 is 0 Å². The molecule has 24 heavy (non-hydrogen) atoms. The third-order valence-corrected chi connectivity index (χ3v) is 3.41. The van der Waals surface area contributed by atoms with E-state index in [1.165, 1.54) is 10.9 Å². The highest BCUT2D eigenvalue weighted by atomic mass is 32.2. The van der Waals surface area contributed by atoms with Gasteiger partial charge in [-0.2, -0.15) is 17.7 Å². The number of pyridine rings is 1. The predicted molar refractivity (Wildman–Crippen MR) is 83.4 cm³/mol. The van der Waals surface area contributed by atoms with E-state index in [-0.39, 0.29) is 0 Å². The number of terminal acetylenes is 1. The van der Waals surface area contributed by atoms with Crippen molar-refractivity contribution in [2.24, 2.45) is 0 Å². The molecular weight excluding hydrogens is 343 g/mol. The van der Waals surface area contributed by atoms with Crippen molar-refractivity contribution in [3.05, 3.63) is 48.2 Å². The van der Waals surface area contributed by atoms with Crippen LogP contribution in [-0.2, 0) is 16.7 Å². The fourth-order valence-electron chi connectivity index (χ4n) is 1.86. The number of nitrogens with zero attached hydrogens (tertiary/aromatic N) is 1. The van der Waals surface area contributed by atoms with Gasteiger partial charge in [0.25, 0.3) is 0 Å². The van der Waals surface area contributed by atoms with Gasteiger partial charge in [0.2, 0.25) is 17.8 Å². The summed E-state index contributed by atoms with van der Waals surface area (Å²) in [5.74, 6) is 2.70. The Bertz CT molecular complexity index is 882. The summed E-state index contributed by atoms with van der Waals surface area (Å²) in [6.45, 7) is 2.61. The molecule has 0 atom stereocenters. The highest BCUT2D eigenvalue weighted by molar-refractivity contribution is 7.86. The Morgan fingerprint density at radius 3 is 2.33 bits per heavy atom. The molecule has 2 rings (SSSR count). The molecule has 0 aliphatic rings. The van der Waals surface area contributed by atoms with Gasteiger partial charge in [0.05, 0.1) is 0 Å². The van der Waals surface area contributed by atoms with Gasteiger partial charge >= 0.3 is 5.51 Å². The molecule has 0 N–H and O–H groups in total. The summed E-state index contributed by atoms with van der Waals surface area (Å²) in [5, 5.41) is 1.21. The number of para-hydroxylation sites is 1. The van der Waals surface area contributed by atoms with Crippen molar-refractivity contribution >= 4 is 27.1 Å². The first-order valence-corrected chi connectivity index (χ1v) is 8.02. The second kappa shape index (κ2) is 7.95. The molecule has 0 amide bonds. The van der Waals surface area contributed by atoms with Crippen LogP contribution in [0.2, 0.25) is 0 Å². The SMILES string of the molecule is C#CC[n+]1c(C=CC)ccc2ccccc21.O=S(=O)([O-])C(F)(F)F. The molecule has 8 heteroatoms. The van der Waals surface area contributed by atoms with Crippen LogP contribution in [-0.4, -0.2) is 18.5 Å². The van der Waals surface area contributed by atoms with Crippen LogP contribution in [0.5, 0.6) is 0 Å². The molecule has 0 spiro atoms. The van der Waals surface area contributed by atoms with E-state index in [0.29, 0.717) is 6.54 Å². The molecule has 128 valence electrons. The summed E-state index contributed by atoms with van der Waals surface area (Å²) in [4.78, 5) is 0. The molecule has 0 bridgehead atoms. The zero-order chi connectivity index (χ0) is 18.4. The van der Waals surface area contributed by atoms with Gasteiger partial charge in [-0.25, -0.2) is 8.42 Å². The zero-order valence-corrected chi connectivity index (χ0v) is 13.4. The first-order valence-electron chi connectivity index (χ1n) is 6.61. The largest absolute Gasteiger partial charge is 0.741 e. The second-order valence-corrected chi connectivity index (χ2v) is 5.88. The fraction of sp³-hybridized carbons (Fsp3) is 0.188. The highest BCUT2D eigenvalue weighted by Gasteiger charge is 2.36. The number of hydrogen-bond donors (Lipinski definition) is 0. The fourth-order valence-corrected chi connectivity index (χ4v) is 1.86. The number of fused-ring (bicyclic) bond motifs is 1. The lowest BCUT2D eigenvalue weighted by molar-refractivity contribution is -0.660. The van der Waals surface area contributed by atoms with Crippen LogP contribution < -0.4 is 4.57 Å². The summed E-state index contributed by atoms with van der Waals surface area (Å²) in [6, 6.07) is 12.5. The van der Waals surface area contributed by atoms with E-state index in [9.17, 15) is 13.2 Å². The molecule has 1 aromatic carbocycles. The number of rotatable bonds is 2. The van der Waals surface area contributed by atoms with E-state index in [4.69, 9.17) is 19.4 Å². The van der Waals surface area contributed by atoms with Crippen LogP contribution >= 0.6 is 0 Å². The molecular formula is C16H14F3NO3S. The first kappa shape index (κ1) is 19.7. The Labute approximate surface area is 138 Å². The van der Waals surface area contributed by atoms with E-state index < -0.39 is 15.6 Å². The Balaban J connectivity index is 0.000000307. The number of allylic oxidation sites excluding steroid dienone is 1. The van der Waals surface area contributed by atoms with Crippen molar-refractivity contribution in [1.82, 2.24) is 0 Å². The standard InChI is InChI=1S/C15H14N.CHF3O3S/c1-3-7-14-11-10-13-8-5-6-9-15(13)16(14)12-4-2;2-1(3,4)8(5,6)7/h2-3,5-11H,12H2,1H3;(H,5,6,7)/q+1;/p-1. The van der Waals surface area contributed by atoms with Crippen molar-refractivity contribution < 1.29 is 30.7 Å². The summed E-state index contributed by atoms with van der Waals surface area (Å²) in [5.41, 5.74) is -3.33. The molecule has 1 heterocycles. The predicted octanol–water partition coefficient (Wildman–Crippen LogP) is 2.85. The van der Waals surface area contributed by atoms with Gasteiger partial charge in [-0.3, -0.25) is 0 Å². The maximum atomic E-state index is 10.7. The van der Waals surface area contributed by atoms with Crippen LogP contribution in [0, 0.1) is 12.3 Å². The Hall–Kier alpha value is -2.37. The van der Waals surface area contributed by atoms with Crippen LogP contribution in [0.25, 0.3) is 17.0 Å².